The Labute approximate surface area is 72.7 Å². The van der Waals surface area contributed by atoms with E-state index in [-0.39, 0.29) is 0 Å². The van der Waals surface area contributed by atoms with Crippen LogP contribution in [0.15, 0.2) is 12.2 Å². The standard InChI is InChI=1S/C9H15NO2/c1-2-10(8-5-6-8)7-3-4-9(11)12/h3-4,8H,2,5-7H2,1H3,(H,11,12). The first-order valence-corrected chi connectivity index (χ1v) is 4.37. The second-order valence-electron chi connectivity index (χ2n) is 3.06. The lowest BCUT2D eigenvalue weighted by Gasteiger charge is -2.16. The molecule has 0 aromatic carbocycles. The highest BCUT2D eigenvalue weighted by Gasteiger charge is 2.26. The van der Waals surface area contributed by atoms with E-state index in [2.05, 4.69) is 11.8 Å². The van der Waals surface area contributed by atoms with Gasteiger partial charge in [-0.15, -0.1) is 0 Å². The predicted molar refractivity (Wildman–Crippen MR) is 47.0 cm³/mol. The van der Waals surface area contributed by atoms with Crippen molar-refractivity contribution in [3.8, 4) is 0 Å². The fraction of sp³-hybridized carbons (Fsp3) is 0.667. The van der Waals surface area contributed by atoms with E-state index in [0.717, 1.165) is 13.1 Å². The number of nitrogens with zero attached hydrogens (tertiary/aromatic N) is 1. The van der Waals surface area contributed by atoms with Gasteiger partial charge in [0.2, 0.25) is 0 Å². The molecule has 0 atom stereocenters. The van der Waals surface area contributed by atoms with E-state index >= 15 is 0 Å². The van der Waals surface area contributed by atoms with Gasteiger partial charge in [-0.2, -0.15) is 0 Å². The second-order valence-corrected chi connectivity index (χ2v) is 3.06. The number of carbonyl (C=O) groups is 1. The highest BCUT2D eigenvalue weighted by molar-refractivity contribution is 5.79. The van der Waals surface area contributed by atoms with Gasteiger partial charge in [-0.3, -0.25) is 4.90 Å². The molecule has 0 spiro atoms. The summed E-state index contributed by atoms with van der Waals surface area (Å²) in [5, 5.41) is 8.35. The quantitative estimate of drug-likeness (QED) is 0.627. The van der Waals surface area contributed by atoms with Crippen LogP contribution in [0.5, 0.6) is 0 Å². The summed E-state index contributed by atoms with van der Waals surface area (Å²) in [6.07, 6.45) is 5.47. The molecule has 1 aliphatic rings. The number of hydrogen-bond donors (Lipinski definition) is 1. The summed E-state index contributed by atoms with van der Waals surface area (Å²) in [6, 6.07) is 0.716. The van der Waals surface area contributed by atoms with Gasteiger partial charge in [0.25, 0.3) is 0 Å². The number of hydrogen-bond acceptors (Lipinski definition) is 2. The van der Waals surface area contributed by atoms with Crippen LogP contribution in [0.2, 0.25) is 0 Å². The molecule has 0 saturated heterocycles. The maximum absolute atomic E-state index is 10.1. The Morgan fingerprint density at radius 1 is 1.67 bits per heavy atom. The van der Waals surface area contributed by atoms with E-state index in [4.69, 9.17) is 5.11 Å². The van der Waals surface area contributed by atoms with Gasteiger partial charge in [0, 0.05) is 18.7 Å². The van der Waals surface area contributed by atoms with E-state index < -0.39 is 5.97 Å². The molecule has 0 bridgehead atoms. The molecular formula is C9H15NO2. The molecule has 3 nitrogen and oxygen atoms in total. The number of aliphatic carboxylic acids is 1. The summed E-state index contributed by atoms with van der Waals surface area (Å²) < 4.78 is 0. The zero-order chi connectivity index (χ0) is 8.97. The van der Waals surface area contributed by atoms with Crippen molar-refractivity contribution in [2.45, 2.75) is 25.8 Å². The molecule has 1 fully saturated rings. The SMILES string of the molecule is CCN(CC=CC(=O)O)C1CC1. The van der Waals surface area contributed by atoms with Crippen LogP contribution in [-0.4, -0.2) is 35.1 Å². The lowest BCUT2D eigenvalue weighted by Crippen LogP contribution is -2.25. The van der Waals surface area contributed by atoms with Gasteiger partial charge >= 0.3 is 5.97 Å². The van der Waals surface area contributed by atoms with Crippen LogP contribution in [0.25, 0.3) is 0 Å². The van der Waals surface area contributed by atoms with Gasteiger partial charge in [0.05, 0.1) is 0 Å². The normalized spacial score (nSPS) is 17.5. The summed E-state index contributed by atoms with van der Waals surface area (Å²) in [6.45, 7) is 3.88. The first-order chi connectivity index (χ1) is 5.74. The van der Waals surface area contributed by atoms with Crippen molar-refractivity contribution >= 4 is 5.97 Å². The van der Waals surface area contributed by atoms with Gasteiger partial charge in [0.1, 0.15) is 0 Å². The van der Waals surface area contributed by atoms with E-state index in [0.29, 0.717) is 6.04 Å². The molecule has 0 aromatic rings. The Morgan fingerprint density at radius 3 is 2.75 bits per heavy atom. The first-order valence-electron chi connectivity index (χ1n) is 4.37. The van der Waals surface area contributed by atoms with Crippen LogP contribution < -0.4 is 0 Å². The third-order valence-electron chi connectivity index (χ3n) is 2.07. The lowest BCUT2D eigenvalue weighted by atomic mass is 10.4. The lowest BCUT2D eigenvalue weighted by molar-refractivity contribution is -0.131. The highest BCUT2D eigenvalue weighted by Crippen LogP contribution is 2.25. The first kappa shape index (κ1) is 9.26. The zero-order valence-electron chi connectivity index (χ0n) is 7.36. The van der Waals surface area contributed by atoms with Crippen molar-refractivity contribution < 1.29 is 9.90 Å². The van der Waals surface area contributed by atoms with E-state index in [9.17, 15) is 4.79 Å². The van der Waals surface area contributed by atoms with Crippen molar-refractivity contribution in [1.82, 2.24) is 4.90 Å². The number of carboxylic acids is 1. The summed E-state index contributed by atoms with van der Waals surface area (Å²) in [7, 11) is 0. The molecule has 1 aliphatic carbocycles. The average Bonchev–Trinajstić information content (AvgIpc) is 2.80. The number of rotatable bonds is 5. The van der Waals surface area contributed by atoms with E-state index in [1.165, 1.54) is 18.9 Å². The molecule has 0 aliphatic heterocycles. The van der Waals surface area contributed by atoms with E-state index in [1.807, 2.05) is 0 Å². The minimum absolute atomic E-state index is 0.716. The monoisotopic (exact) mass is 169 g/mol. The Bertz CT molecular complexity index is 185. The Balaban J connectivity index is 2.22. The Hall–Kier alpha value is -0.830. The molecule has 0 radical (unpaired) electrons. The summed E-state index contributed by atoms with van der Waals surface area (Å²) in [4.78, 5) is 12.4. The van der Waals surface area contributed by atoms with Crippen molar-refractivity contribution in [1.29, 1.82) is 0 Å². The summed E-state index contributed by atoms with van der Waals surface area (Å²) in [5.74, 6) is -0.859. The van der Waals surface area contributed by atoms with E-state index in [1.54, 1.807) is 6.08 Å². The maximum atomic E-state index is 10.1. The van der Waals surface area contributed by atoms with Crippen LogP contribution in [-0.2, 0) is 4.79 Å². The topological polar surface area (TPSA) is 40.5 Å². The van der Waals surface area contributed by atoms with Gasteiger partial charge < -0.3 is 5.11 Å². The summed E-state index contributed by atoms with van der Waals surface area (Å²) in [5.41, 5.74) is 0. The van der Waals surface area contributed by atoms with Crippen LogP contribution in [0.3, 0.4) is 0 Å². The van der Waals surface area contributed by atoms with Gasteiger partial charge in [-0.05, 0) is 19.4 Å². The van der Waals surface area contributed by atoms with Crippen LogP contribution in [0.1, 0.15) is 19.8 Å². The fourth-order valence-electron chi connectivity index (χ4n) is 1.26. The Morgan fingerprint density at radius 2 is 2.33 bits per heavy atom. The Kier molecular flexibility index (Phi) is 3.29. The predicted octanol–water partition coefficient (Wildman–Crippen LogP) is 1.11. The molecule has 1 rings (SSSR count). The zero-order valence-corrected chi connectivity index (χ0v) is 7.36. The van der Waals surface area contributed by atoms with Gasteiger partial charge in [-0.1, -0.05) is 13.0 Å². The van der Waals surface area contributed by atoms with Crippen LogP contribution >= 0.6 is 0 Å². The highest BCUT2D eigenvalue weighted by atomic mass is 16.4. The molecule has 0 aromatic heterocycles. The molecular weight excluding hydrogens is 154 g/mol. The van der Waals surface area contributed by atoms with Gasteiger partial charge in [0.15, 0.2) is 0 Å². The van der Waals surface area contributed by atoms with Crippen molar-refractivity contribution in [2.75, 3.05) is 13.1 Å². The number of carboxylic acid groups (broad SMARTS) is 1. The van der Waals surface area contributed by atoms with Crippen molar-refractivity contribution in [3.63, 3.8) is 0 Å². The van der Waals surface area contributed by atoms with Gasteiger partial charge in [-0.25, -0.2) is 4.79 Å². The van der Waals surface area contributed by atoms with Crippen LogP contribution in [0.4, 0.5) is 0 Å². The molecule has 0 amide bonds. The summed E-state index contributed by atoms with van der Waals surface area (Å²) >= 11 is 0. The molecule has 0 heterocycles. The largest absolute Gasteiger partial charge is 0.478 e. The minimum Gasteiger partial charge on any atom is -0.478 e. The third kappa shape index (κ3) is 3.05. The minimum atomic E-state index is -0.859. The third-order valence-corrected chi connectivity index (χ3v) is 2.07. The average molecular weight is 169 g/mol. The maximum Gasteiger partial charge on any atom is 0.328 e. The smallest absolute Gasteiger partial charge is 0.328 e. The molecule has 1 N–H and O–H groups in total. The second kappa shape index (κ2) is 4.26. The molecule has 68 valence electrons. The molecule has 1 saturated carbocycles. The number of likely N-dealkylation sites (N-methyl/N-ethyl adjacent to an activating group) is 1. The molecule has 0 unspecified atom stereocenters. The molecule has 12 heavy (non-hydrogen) atoms. The fourth-order valence-corrected chi connectivity index (χ4v) is 1.26. The van der Waals surface area contributed by atoms with Crippen molar-refractivity contribution in [2.24, 2.45) is 0 Å². The van der Waals surface area contributed by atoms with Crippen LogP contribution in [0, 0.1) is 0 Å². The van der Waals surface area contributed by atoms with Crippen molar-refractivity contribution in [3.05, 3.63) is 12.2 Å². The molecule has 3 heteroatoms.